The molecule has 0 aliphatic carbocycles. The number of hydrogen-bond donors (Lipinski definition) is 1. The van der Waals surface area contributed by atoms with Crippen LogP contribution in [0.3, 0.4) is 0 Å². The molecule has 0 unspecified atom stereocenters. The standard InChI is InChI=1S/C23H22N2O3S/c26-22(14-16-6-8-18(9-7-16)17-4-2-1-3-5-17)25-13-12-19-20(15-25)29-21(24-19)10-11-23(27)28/h1-9H,10-15H2,(H,27,28). The van der Waals surface area contributed by atoms with Crippen LogP contribution in [0.1, 0.15) is 27.6 Å². The fraction of sp³-hybridized carbons (Fsp3) is 0.261. The highest BCUT2D eigenvalue weighted by atomic mass is 32.1. The zero-order valence-electron chi connectivity index (χ0n) is 16.0. The van der Waals surface area contributed by atoms with Gasteiger partial charge in [-0.15, -0.1) is 11.3 Å². The van der Waals surface area contributed by atoms with Crippen LogP contribution in [0.4, 0.5) is 0 Å². The Bertz CT molecular complexity index is 1010. The number of amides is 1. The molecule has 6 heteroatoms. The summed E-state index contributed by atoms with van der Waals surface area (Å²) < 4.78 is 0. The highest BCUT2D eigenvalue weighted by Gasteiger charge is 2.24. The number of thiazole rings is 1. The van der Waals surface area contributed by atoms with Crippen molar-refractivity contribution >= 4 is 23.2 Å². The van der Waals surface area contributed by atoms with E-state index in [-0.39, 0.29) is 12.3 Å². The first-order chi connectivity index (χ1) is 14.1. The second kappa shape index (κ2) is 8.57. The minimum absolute atomic E-state index is 0.0913. The normalized spacial score (nSPS) is 13.2. The van der Waals surface area contributed by atoms with Crippen molar-refractivity contribution in [2.75, 3.05) is 6.54 Å². The van der Waals surface area contributed by atoms with Gasteiger partial charge >= 0.3 is 5.97 Å². The number of carboxylic acid groups (broad SMARTS) is 1. The Morgan fingerprint density at radius 2 is 1.76 bits per heavy atom. The quantitative estimate of drug-likeness (QED) is 0.673. The molecule has 0 atom stereocenters. The summed E-state index contributed by atoms with van der Waals surface area (Å²) in [4.78, 5) is 31.1. The number of rotatable bonds is 6. The molecule has 2 aromatic carbocycles. The lowest BCUT2D eigenvalue weighted by atomic mass is 10.0. The predicted molar refractivity (Wildman–Crippen MR) is 113 cm³/mol. The molecule has 0 spiro atoms. The molecule has 0 bridgehead atoms. The van der Waals surface area contributed by atoms with E-state index in [4.69, 9.17) is 5.11 Å². The average molecular weight is 407 g/mol. The van der Waals surface area contributed by atoms with Gasteiger partial charge in [-0.3, -0.25) is 9.59 Å². The molecule has 1 amide bonds. The van der Waals surface area contributed by atoms with Gasteiger partial charge in [0.15, 0.2) is 0 Å². The number of benzene rings is 2. The van der Waals surface area contributed by atoms with E-state index in [1.807, 2.05) is 35.2 Å². The van der Waals surface area contributed by atoms with Crippen molar-refractivity contribution in [1.82, 2.24) is 9.88 Å². The lowest BCUT2D eigenvalue weighted by Crippen LogP contribution is -2.36. The Hall–Kier alpha value is -2.99. The smallest absolute Gasteiger partial charge is 0.303 e. The van der Waals surface area contributed by atoms with Crippen molar-refractivity contribution in [2.24, 2.45) is 0 Å². The second-order valence-electron chi connectivity index (χ2n) is 7.18. The van der Waals surface area contributed by atoms with Crippen LogP contribution in [-0.2, 0) is 35.4 Å². The van der Waals surface area contributed by atoms with Crippen LogP contribution in [0.2, 0.25) is 0 Å². The van der Waals surface area contributed by atoms with Gasteiger partial charge in [0.1, 0.15) is 0 Å². The molecule has 4 rings (SSSR count). The minimum atomic E-state index is -0.812. The Labute approximate surface area is 173 Å². The van der Waals surface area contributed by atoms with Gasteiger partial charge in [0, 0.05) is 24.3 Å². The largest absolute Gasteiger partial charge is 0.481 e. The highest BCUT2D eigenvalue weighted by Crippen LogP contribution is 2.26. The SMILES string of the molecule is O=C(O)CCc1nc2c(s1)CN(C(=O)Cc1ccc(-c3ccccc3)cc1)CC2. The van der Waals surface area contributed by atoms with Crippen LogP contribution >= 0.6 is 11.3 Å². The molecule has 1 N–H and O–H groups in total. The first-order valence-corrected chi connectivity index (χ1v) is 10.5. The third kappa shape index (κ3) is 4.71. The Balaban J connectivity index is 1.37. The second-order valence-corrected chi connectivity index (χ2v) is 8.34. The Morgan fingerprint density at radius 1 is 1.03 bits per heavy atom. The summed E-state index contributed by atoms with van der Waals surface area (Å²) in [5, 5.41) is 9.69. The molecule has 0 saturated carbocycles. The maximum Gasteiger partial charge on any atom is 0.303 e. The number of nitrogens with zero attached hydrogens (tertiary/aromatic N) is 2. The average Bonchev–Trinajstić information content (AvgIpc) is 3.15. The van der Waals surface area contributed by atoms with Crippen molar-refractivity contribution < 1.29 is 14.7 Å². The van der Waals surface area contributed by atoms with E-state index in [1.54, 1.807) is 0 Å². The molecular formula is C23H22N2O3S. The predicted octanol–water partition coefficient (Wildman–Crippen LogP) is 3.95. The molecule has 0 fully saturated rings. The number of hydrogen-bond acceptors (Lipinski definition) is 4. The number of aromatic nitrogens is 1. The minimum Gasteiger partial charge on any atom is -0.481 e. The molecule has 0 radical (unpaired) electrons. The molecule has 3 aromatic rings. The van der Waals surface area contributed by atoms with Crippen LogP contribution in [0, 0.1) is 0 Å². The van der Waals surface area contributed by atoms with Crippen molar-refractivity contribution in [3.05, 3.63) is 75.7 Å². The van der Waals surface area contributed by atoms with Gasteiger partial charge in [-0.25, -0.2) is 4.98 Å². The zero-order chi connectivity index (χ0) is 20.2. The molecule has 1 aliphatic heterocycles. The number of carbonyl (C=O) groups is 2. The summed E-state index contributed by atoms with van der Waals surface area (Å²) in [5.74, 6) is -0.697. The van der Waals surface area contributed by atoms with Crippen molar-refractivity contribution in [1.29, 1.82) is 0 Å². The summed E-state index contributed by atoms with van der Waals surface area (Å²) in [7, 11) is 0. The molecule has 1 aromatic heterocycles. The van der Waals surface area contributed by atoms with E-state index >= 15 is 0 Å². The van der Waals surface area contributed by atoms with Gasteiger partial charge in [-0.2, -0.15) is 0 Å². The van der Waals surface area contributed by atoms with E-state index in [2.05, 4.69) is 29.2 Å². The van der Waals surface area contributed by atoms with Gasteiger partial charge in [-0.1, -0.05) is 54.6 Å². The third-order valence-electron chi connectivity index (χ3n) is 5.10. The summed E-state index contributed by atoms with van der Waals surface area (Å²) >= 11 is 1.54. The van der Waals surface area contributed by atoms with Crippen LogP contribution in [0.5, 0.6) is 0 Å². The van der Waals surface area contributed by atoms with Crippen LogP contribution in [0.25, 0.3) is 11.1 Å². The number of aliphatic carboxylic acids is 1. The molecule has 5 nitrogen and oxygen atoms in total. The fourth-order valence-corrected chi connectivity index (χ4v) is 4.64. The Morgan fingerprint density at radius 3 is 2.48 bits per heavy atom. The van der Waals surface area contributed by atoms with Crippen LogP contribution in [0.15, 0.2) is 54.6 Å². The zero-order valence-corrected chi connectivity index (χ0v) is 16.8. The molecule has 29 heavy (non-hydrogen) atoms. The lowest BCUT2D eigenvalue weighted by Gasteiger charge is -2.26. The maximum atomic E-state index is 12.8. The molecule has 148 valence electrons. The van der Waals surface area contributed by atoms with Gasteiger partial charge in [-0.05, 0) is 16.7 Å². The summed E-state index contributed by atoms with van der Waals surface area (Å²) in [6.45, 7) is 1.23. The maximum absolute atomic E-state index is 12.8. The number of carboxylic acids is 1. The van der Waals surface area contributed by atoms with E-state index in [0.717, 1.165) is 38.7 Å². The van der Waals surface area contributed by atoms with Crippen molar-refractivity contribution in [3.8, 4) is 11.1 Å². The fourth-order valence-electron chi connectivity index (χ4n) is 3.51. The summed E-state index contributed by atoms with van der Waals surface area (Å²) in [5.41, 5.74) is 4.33. The van der Waals surface area contributed by atoms with Gasteiger partial charge < -0.3 is 10.0 Å². The van der Waals surface area contributed by atoms with E-state index in [9.17, 15) is 9.59 Å². The summed E-state index contributed by atoms with van der Waals surface area (Å²) in [6, 6.07) is 18.3. The number of fused-ring (bicyclic) bond motifs is 1. The van der Waals surface area contributed by atoms with Crippen LogP contribution < -0.4 is 0 Å². The molecule has 1 aliphatic rings. The Kier molecular flexibility index (Phi) is 5.71. The topological polar surface area (TPSA) is 70.5 Å². The molecule has 0 saturated heterocycles. The van der Waals surface area contributed by atoms with Crippen molar-refractivity contribution in [3.63, 3.8) is 0 Å². The highest BCUT2D eigenvalue weighted by molar-refractivity contribution is 7.11. The van der Waals surface area contributed by atoms with E-state index in [0.29, 0.717) is 25.9 Å². The van der Waals surface area contributed by atoms with Gasteiger partial charge in [0.05, 0.1) is 30.1 Å². The van der Waals surface area contributed by atoms with Gasteiger partial charge in [0.2, 0.25) is 5.91 Å². The van der Waals surface area contributed by atoms with Crippen LogP contribution in [-0.4, -0.2) is 33.4 Å². The van der Waals surface area contributed by atoms with E-state index < -0.39 is 5.97 Å². The number of aryl methyl sites for hydroxylation is 1. The van der Waals surface area contributed by atoms with E-state index in [1.165, 1.54) is 11.3 Å². The lowest BCUT2D eigenvalue weighted by molar-refractivity contribution is -0.137. The monoisotopic (exact) mass is 406 g/mol. The molecular weight excluding hydrogens is 384 g/mol. The third-order valence-corrected chi connectivity index (χ3v) is 6.24. The first-order valence-electron chi connectivity index (χ1n) is 9.70. The van der Waals surface area contributed by atoms with Crippen molar-refractivity contribution in [2.45, 2.75) is 32.2 Å². The first kappa shape index (κ1) is 19.3. The number of carbonyl (C=O) groups excluding carboxylic acids is 1. The van der Waals surface area contributed by atoms with Gasteiger partial charge in [0.25, 0.3) is 0 Å². The summed E-state index contributed by atoms with van der Waals surface area (Å²) in [6.07, 6.45) is 1.66. The molecule has 2 heterocycles.